The average Bonchev–Trinajstić information content (AvgIpc) is 2.78. The van der Waals surface area contributed by atoms with Gasteiger partial charge in [0.05, 0.1) is 4.90 Å². The molecule has 31 heavy (non-hydrogen) atoms. The fourth-order valence-corrected chi connectivity index (χ4v) is 6.62. The highest BCUT2D eigenvalue weighted by atomic mass is 32.2. The number of nitrogens with zero attached hydrogens (tertiary/aromatic N) is 2. The Bertz CT molecular complexity index is 1060. The van der Waals surface area contributed by atoms with Crippen molar-refractivity contribution in [3.05, 3.63) is 65.2 Å². The molecule has 6 nitrogen and oxygen atoms in total. The molecule has 1 atom stereocenters. The van der Waals surface area contributed by atoms with Crippen molar-refractivity contribution in [2.24, 2.45) is 0 Å². The molecule has 2 aliphatic heterocycles. The molecule has 1 saturated carbocycles. The lowest BCUT2D eigenvalue weighted by molar-refractivity contribution is 0.0455. The maximum atomic E-state index is 13.2. The lowest BCUT2D eigenvalue weighted by atomic mass is 9.91. The van der Waals surface area contributed by atoms with E-state index in [1.807, 2.05) is 23.1 Å². The molecule has 1 unspecified atom stereocenters. The summed E-state index contributed by atoms with van der Waals surface area (Å²) in [6.07, 6.45) is 4.63. The first kappa shape index (κ1) is 20.7. The molecule has 0 aromatic heterocycles. The molecule has 0 radical (unpaired) electrons. The first-order valence-electron chi connectivity index (χ1n) is 11.2. The number of hydrogen-bond acceptors (Lipinski definition) is 5. The summed E-state index contributed by atoms with van der Waals surface area (Å²) >= 11 is 0. The van der Waals surface area contributed by atoms with Crippen molar-refractivity contribution in [3.63, 3.8) is 0 Å². The number of rotatable bonds is 4. The second-order valence-electron chi connectivity index (χ2n) is 8.77. The highest BCUT2D eigenvalue weighted by Gasteiger charge is 2.34. The van der Waals surface area contributed by atoms with E-state index >= 15 is 0 Å². The van der Waals surface area contributed by atoms with Crippen LogP contribution in [0, 0.1) is 0 Å². The average molecular weight is 440 g/mol. The molecule has 1 aliphatic carbocycles. The zero-order valence-electron chi connectivity index (χ0n) is 17.7. The second-order valence-corrected chi connectivity index (χ2v) is 10.8. The SMILES string of the molecule is O=C(c1ccc2c(c1)CCNC2S(=O)(=O)c1ccccc1)N1CCN(C2CCC2)CC1. The molecule has 1 saturated heterocycles. The third-order valence-corrected chi connectivity index (χ3v) is 8.94. The van der Waals surface area contributed by atoms with E-state index in [2.05, 4.69) is 10.2 Å². The van der Waals surface area contributed by atoms with Gasteiger partial charge in [0, 0.05) is 44.3 Å². The monoisotopic (exact) mass is 439 g/mol. The van der Waals surface area contributed by atoms with Crippen molar-refractivity contribution in [2.45, 2.75) is 42.0 Å². The van der Waals surface area contributed by atoms with Crippen LogP contribution in [0.3, 0.4) is 0 Å². The fraction of sp³-hybridized carbons (Fsp3) is 0.458. The molecule has 2 fully saturated rings. The van der Waals surface area contributed by atoms with Gasteiger partial charge in [-0.25, -0.2) is 8.42 Å². The molecule has 164 valence electrons. The molecule has 2 heterocycles. The van der Waals surface area contributed by atoms with Crippen LogP contribution in [0.1, 0.15) is 46.1 Å². The first-order valence-corrected chi connectivity index (χ1v) is 12.8. The van der Waals surface area contributed by atoms with Crippen molar-refractivity contribution < 1.29 is 13.2 Å². The van der Waals surface area contributed by atoms with Crippen molar-refractivity contribution in [3.8, 4) is 0 Å². The van der Waals surface area contributed by atoms with Gasteiger partial charge in [0.25, 0.3) is 5.91 Å². The van der Waals surface area contributed by atoms with Gasteiger partial charge in [0.1, 0.15) is 5.37 Å². The molecule has 5 rings (SSSR count). The summed E-state index contributed by atoms with van der Waals surface area (Å²) in [4.78, 5) is 17.9. The minimum Gasteiger partial charge on any atom is -0.336 e. The number of nitrogens with one attached hydrogen (secondary N) is 1. The van der Waals surface area contributed by atoms with E-state index in [1.54, 1.807) is 30.3 Å². The Morgan fingerprint density at radius 1 is 0.968 bits per heavy atom. The minimum atomic E-state index is -3.55. The molecule has 1 N–H and O–H groups in total. The van der Waals surface area contributed by atoms with Crippen LogP contribution in [0.4, 0.5) is 0 Å². The lowest BCUT2D eigenvalue weighted by Gasteiger charge is -2.43. The highest BCUT2D eigenvalue weighted by Crippen LogP contribution is 2.32. The van der Waals surface area contributed by atoms with Crippen molar-refractivity contribution in [1.29, 1.82) is 0 Å². The smallest absolute Gasteiger partial charge is 0.253 e. The molecule has 3 aliphatic rings. The van der Waals surface area contributed by atoms with Crippen molar-refractivity contribution in [1.82, 2.24) is 15.1 Å². The first-order chi connectivity index (χ1) is 15.0. The Labute approximate surface area is 184 Å². The van der Waals surface area contributed by atoms with Gasteiger partial charge in [-0.05, 0) is 54.7 Å². The van der Waals surface area contributed by atoms with Crippen molar-refractivity contribution in [2.75, 3.05) is 32.7 Å². The molecule has 2 aromatic carbocycles. The number of benzene rings is 2. The van der Waals surface area contributed by atoms with E-state index in [0.29, 0.717) is 23.4 Å². The van der Waals surface area contributed by atoms with Gasteiger partial charge in [0.15, 0.2) is 9.84 Å². The third-order valence-electron chi connectivity index (χ3n) is 6.97. The van der Waals surface area contributed by atoms with Gasteiger partial charge in [0.2, 0.25) is 0 Å². The van der Waals surface area contributed by atoms with E-state index in [1.165, 1.54) is 19.3 Å². The lowest BCUT2D eigenvalue weighted by Crippen LogP contribution is -2.53. The Kier molecular flexibility index (Phi) is 5.58. The van der Waals surface area contributed by atoms with Crippen LogP contribution >= 0.6 is 0 Å². The number of fused-ring (bicyclic) bond motifs is 1. The predicted octanol–water partition coefficient (Wildman–Crippen LogP) is 2.62. The predicted molar refractivity (Wildman–Crippen MR) is 120 cm³/mol. The van der Waals surface area contributed by atoms with E-state index in [-0.39, 0.29) is 5.91 Å². The second kappa shape index (κ2) is 8.37. The summed E-state index contributed by atoms with van der Waals surface area (Å²) in [5.74, 6) is 0.0528. The molecule has 0 spiro atoms. The van der Waals surface area contributed by atoms with Crippen LogP contribution < -0.4 is 5.32 Å². The molecular weight excluding hydrogens is 410 g/mol. The topological polar surface area (TPSA) is 69.7 Å². The number of sulfone groups is 1. The summed E-state index contributed by atoms with van der Waals surface area (Å²) in [5.41, 5.74) is 2.36. The van der Waals surface area contributed by atoms with Crippen LogP contribution in [0.5, 0.6) is 0 Å². The van der Waals surface area contributed by atoms with Gasteiger partial charge in [-0.3, -0.25) is 15.0 Å². The molecule has 0 bridgehead atoms. The Hall–Kier alpha value is -2.22. The van der Waals surface area contributed by atoms with Gasteiger partial charge in [-0.15, -0.1) is 0 Å². The number of amides is 1. The Balaban J connectivity index is 1.34. The van der Waals surface area contributed by atoms with Crippen LogP contribution in [-0.4, -0.2) is 62.9 Å². The number of piperazine rings is 1. The highest BCUT2D eigenvalue weighted by molar-refractivity contribution is 7.91. The number of hydrogen-bond donors (Lipinski definition) is 1. The van der Waals surface area contributed by atoms with Gasteiger partial charge in [-0.2, -0.15) is 0 Å². The maximum Gasteiger partial charge on any atom is 0.253 e. The van der Waals surface area contributed by atoms with E-state index in [4.69, 9.17) is 0 Å². The molecular formula is C24H29N3O3S. The van der Waals surface area contributed by atoms with E-state index < -0.39 is 15.2 Å². The third kappa shape index (κ3) is 3.90. The Morgan fingerprint density at radius 2 is 1.71 bits per heavy atom. The van der Waals surface area contributed by atoms with Gasteiger partial charge >= 0.3 is 0 Å². The van der Waals surface area contributed by atoms with Crippen LogP contribution in [-0.2, 0) is 16.3 Å². The summed E-state index contributed by atoms with van der Waals surface area (Å²) in [5, 5.41) is 2.38. The van der Waals surface area contributed by atoms with Crippen LogP contribution in [0.15, 0.2) is 53.4 Å². The van der Waals surface area contributed by atoms with Crippen LogP contribution in [0.2, 0.25) is 0 Å². The van der Waals surface area contributed by atoms with E-state index in [0.717, 1.165) is 43.3 Å². The van der Waals surface area contributed by atoms with E-state index in [9.17, 15) is 13.2 Å². The zero-order valence-corrected chi connectivity index (χ0v) is 18.5. The summed E-state index contributed by atoms with van der Waals surface area (Å²) in [7, 11) is -3.55. The molecule has 1 amide bonds. The quantitative estimate of drug-likeness (QED) is 0.793. The normalized spacial score (nSPS) is 22.6. The standard InChI is InChI=1S/C24H29N3O3S/c28-24(27-15-13-26(14-16-27)20-5-4-6-20)19-9-10-22-18(17-19)11-12-25-23(22)31(29,30)21-7-2-1-3-8-21/h1-3,7-10,17,20,23,25H,4-6,11-16H2. The van der Waals surface area contributed by atoms with Crippen molar-refractivity contribution >= 4 is 15.7 Å². The zero-order chi connectivity index (χ0) is 21.4. The number of carbonyl (C=O) groups excluding carboxylic acids is 1. The van der Waals surface area contributed by atoms with Gasteiger partial charge < -0.3 is 4.90 Å². The largest absolute Gasteiger partial charge is 0.336 e. The van der Waals surface area contributed by atoms with Gasteiger partial charge in [-0.1, -0.05) is 30.7 Å². The molecule has 7 heteroatoms. The van der Waals surface area contributed by atoms with Crippen LogP contribution in [0.25, 0.3) is 0 Å². The molecule has 2 aromatic rings. The summed E-state index contributed by atoms with van der Waals surface area (Å²) < 4.78 is 26.4. The number of carbonyl (C=O) groups is 1. The minimum absolute atomic E-state index is 0.0528. The summed E-state index contributed by atoms with van der Waals surface area (Å²) in [6, 6.07) is 14.8. The maximum absolute atomic E-state index is 13.2. The summed E-state index contributed by atoms with van der Waals surface area (Å²) in [6.45, 7) is 3.99. The Morgan fingerprint density at radius 3 is 2.39 bits per heavy atom. The fourth-order valence-electron chi connectivity index (χ4n) is 4.91.